The Bertz CT molecular complexity index is 614. The summed E-state index contributed by atoms with van der Waals surface area (Å²) < 4.78 is 25.6. The van der Waals surface area contributed by atoms with Crippen LogP contribution in [0.25, 0.3) is 0 Å². The van der Waals surface area contributed by atoms with Crippen molar-refractivity contribution in [3.63, 3.8) is 0 Å². The molecular formula is C10H11BrN2O5S. The van der Waals surface area contributed by atoms with Crippen LogP contribution in [0.2, 0.25) is 0 Å². The number of hydrogen-bond acceptors (Lipinski definition) is 4. The fraction of sp³-hybridized carbons (Fsp3) is 0.200. The van der Waals surface area contributed by atoms with E-state index in [1.54, 1.807) is 6.92 Å². The molecule has 19 heavy (non-hydrogen) atoms. The zero-order valence-electron chi connectivity index (χ0n) is 9.81. The molecule has 0 saturated carbocycles. The Morgan fingerprint density at radius 1 is 1.37 bits per heavy atom. The predicted molar refractivity (Wildman–Crippen MR) is 70.5 cm³/mol. The van der Waals surface area contributed by atoms with Crippen molar-refractivity contribution in [3.8, 4) is 0 Å². The van der Waals surface area contributed by atoms with Gasteiger partial charge in [0.1, 0.15) is 4.90 Å². The number of carboxylic acid groups (broad SMARTS) is 1. The monoisotopic (exact) mass is 350 g/mol. The Morgan fingerprint density at radius 3 is 2.47 bits per heavy atom. The van der Waals surface area contributed by atoms with Gasteiger partial charge in [0.15, 0.2) is 0 Å². The molecule has 0 bridgehead atoms. The van der Waals surface area contributed by atoms with E-state index in [1.165, 1.54) is 0 Å². The van der Waals surface area contributed by atoms with Gasteiger partial charge in [0.05, 0.1) is 5.56 Å². The molecule has 0 saturated heterocycles. The maximum absolute atomic E-state index is 11.9. The lowest BCUT2D eigenvalue weighted by Crippen LogP contribution is -2.39. The lowest BCUT2D eigenvalue weighted by Gasteiger charge is -2.09. The van der Waals surface area contributed by atoms with Crippen LogP contribution in [-0.2, 0) is 10.0 Å². The first-order chi connectivity index (χ1) is 8.77. The maximum Gasteiger partial charge on any atom is 0.335 e. The third-order valence-electron chi connectivity index (χ3n) is 2.03. The lowest BCUT2D eigenvalue weighted by molar-refractivity contribution is 0.0696. The summed E-state index contributed by atoms with van der Waals surface area (Å²) in [5.41, 5.74) is -0.0659. The molecule has 0 aromatic heterocycles. The van der Waals surface area contributed by atoms with E-state index in [4.69, 9.17) is 5.11 Å². The highest BCUT2D eigenvalue weighted by atomic mass is 79.9. The van der Waals surface area contributed by atoms with Gasteiger partial charge < -0.3 is 10.4 Å². The van der Waals surface area contributed by atoms with Crippen molar-refractivity contribution in [2.75, 3.05) is 6.54 Å². The van der Waals surface area contributed by atoms with Crippen LogP contribution in [0.3, 0.4) is 0 Å². The van der Waals surface area contributed by atoms with Gasteiger partial charge in [-0.05, 0) is 41.1 Å². The van der Waals surface area contributed by atoms with E-state index >= 15 is 0 Å². The highest BCUT2D eigenvalue weighted by Gasteiger charge is 2.21. The molecule has 0 atom stereocenters. The summed E-state index contributed by atoms with van der Waals surface area (Å²) >= 11 is 2.97. The van der Waals surface area contributed by atoms with Gasteiger partial charge in [-0.2, -0.15) is 0 Å². The molecular weight excluding hydrogens is 340 g/mol. The number of carbonyl (C=O) groups excluding carboxylic acids is 1. The van der Waals surface area contributed by atoms with Crippen molar-refractivity contribution in [1.82, 2.24) is 10.0 Å². The number of nitrogens with one attached hydrogen (secondary N) is 2. The van der Waals surface area contributed by atoms with E-state index in [-0.39, 0.29) is 21.5 Å². The molecule has 1 aromatic carbocycles. The minimum absolute atomic E-state index is 0.0594. The van der Waals surface area contributed by atoms with Gasteiger partial charge in [0.2, 0.25) is 0 Å². The molecule has 2 amide bonds. The van der Waals surface area contributed by atoms with Crippen molar-refractivity contribution < 1.29 is 23.1 Å². The number of carboxylic acids is 1. The summed E-state index contributed by atoms with van der Waals surface area (Å²) in [6.07, 6.45) is 0. The van der Waals surface area contributed by atoms with Crippen LogP contribution in [-0.4, -0.2) is 32.1 Å². The standard InChI is InChI=1S/C10H11BrN2O5S/c1-2-12-10(16)13-19(17,18)8-4-3-6(9(14)15)5-7(8)11/h3-5H,2H2,1H3,(H,14,15)(H2,12,13,16). The molecule has 0 unspecified atom stereocenters. The summed E-state index contributed by atoms with van der Waals surface area (Å²) in [7, 11) is -4.06. The van der Waals surface area contributed by atoms with Gasteiger partial charge in [0, 0.05) is 11.0 Å². The quantitative estimate of drug-likeness (QED) is 0.753. The molecule has 9 heteroatoms. The zero-order valence-corrected chi connectivity index (χ0v) is 12.2. The number of sulfonamides is 1. The van der Waals surface area contributed by atoms with E-state index in [1.807, 2.05) is 4.72 Å². The SMILES string of the molecule is CCNC(=O)NS(=O)(=O)c1ccc(C(=O)O)cc1Br. The molecule has 0 spiro atoms. The molecule has 0 aliphatic carbocycles. The van der Waals surface area contributed by atoms with E-state index in [0.29, 0.717) is 0 Å². The van der Waals surface area contributed by atoms with Crippen LogP contribution < -0.4 is 10.0 Å². The fourth-order valence-corrected chi connectivity index (χ4v) is 3.23. The molecule has 0 heterocycles. The van der Waals surface area contributed by atoms with Crippen molar-refractivity contribution in [3.05, 3.63) is 28.2 Å². The van der Waals surface area contributed by atoms with Gasteiger partial charge in [-0.15, -0.1) is 0 Å². The average molecular weight is 351 g/mol. The Balaban J connectivity index is 3.09. The number of halogens is 1. The highest BCUT2D eigenvalue weighted by Crippen LogP contribution is 2.23. The predicted octanol–water partition coefficient (Wildman–Crippen LogP) is 1.16. The van der Waals surface area contributed by atoms with Crippen LogP contribution in [0.1, 0.15) is 17.3 Å². The molecule has 3 N–H and O–H groups in total. The topological polar surface area (TPSA) is 113 Å². The van der Waals surface area contributed by atoms with Crippen LogP contribution in [0.15, 0.2) is 27.6 Å². The maximum atomic E-state index is 11.9. The van der Waals surface area contributed by atoms with Gasteiger partial charge in [-0.3, -0.25) is 0 Å². The van der Waals surface area contributed by atoms with Gasteiger partial charge in [-0.1, -0.05) is 0 Å². The Hall–Kier alpha value is -1.61. The van der Waals surface area contributed by atoms with Gasteiger partial charge in [-0.25, -0.2) is 22.7 Å². The average Bonchev–Trinajstić information content (AvgIpc) is 2.27. The van der Waals surface area contributed by atoms with Gasteiger partial charge >= 0.3 is 12.0 Å². The van der Waals surface area contributed by atoms with Gasteiger partial charge in [0.25, 0.3) is 10.0 Å². The summed E-state index contributed by atoms with van der Waals surface area (Å²) in [5.74, 6) is -1.18. The number of aromatic carboxylic acids is 1. The summed E-state index contributed by atoms with van der Waals surface area (Å²) in [5, 5.41) is 11.1. The van der Waals surface area contributed by atoms with Crippen LogP contribution in [0, 0.1) is 0 Å². The smallest absolute Gasteiger partial charge is 0.335 e. The first-order valence-corrected chi connectivity index (χ1v) is 7.39. The van der Waals surface area contributed by atoms with E-state index in [2.05, 4.69) is 21.2 Å². The third kappa shape index (κ3) is 3.93. The molecule has 0 aliphatic heterocycles. The number of carbonyl (C=O) groups is 2. The Kier molecular flexibility index (Phi) is 4.90. The molecule has 1 rings (SSSR count). The second-order valence-corrected chi connectivity index (χ2v) is 5.92. The van der Waals surface area contributed by atoms with E-state index in [0.717, 1.165) is 18.2 Å². The summed E-state index contributed by atoms with van der Waals surface area (Å²) in [6, 6.07) is 2.54. The van der Waals surface area contributed by atoms with E-state index < -0.39 is 22.0 Å². The molecule has 0 aliphatic rings. The summed E-state index contributed by atoms with van der Waals surface area (Å²) in [6.45, 7) is 1.92. The van der Waals surface area contributed by atoms with Crippen LogP contribution in [0.4, 0.5) is 4.79 Å². The Labute approximate surface area is 118 Å². The zero-order chi connectivity index (χ0) is 14.6. The third-order valence-corrected chi connectivity index (χ3v) is 4.34. The van der Waals surface area contributed by atoms with Crippen molar-refractivity contribution in [2.24, 2.45) is 0 Å². The largest absolute Gasteiger partial charge is 0.478 e. The van der Waals surface area contributed by atoms with E-state index in [9.17, 15) is 18.0 Å². The first kappa shape index (κ1) is 15.4. The van der Waals surface area contributed by atoms with Crippen molar-refractivity contribution in [1.29, 1.82) is 0 Å². The summed E-state index contributed by atoms with van der Waals surface area (Å²) in [4.78, 5) is 21.7. The molecule has 0 fully saturated rings. The number of hydrogen-bond donors (Lipinski definition) is 3. The number of urea groups is 1. The normalized spacial score (nSPS) is 10.8. The second kappa shape index (κ2) is 6.02. The minimum Gasteiger partial charge on any atom is -0.478 e. The molecule has 104 valence electrons. The minimum atomic E-state index is -4.06. The number of amides is 2. The molecule has 0 radical (unpaired) electrons. The molecule has 7 nitrogen and oxygen atoms in total. The lowest BCUT2D eigenvalue weighted by atomic mass is 10.2. The van der Waals surface area contributed by atoms with Crippen molar-refractivity contribution in [2.45, 2.75) is 11.8 Å². The fourth-order valence-electron chi connectivity index (χ4n) is 1.23. The Morgan fingerprint density at radius 2 is 2.00 bits per heavy atom. The number of benzene rings is 1. The number of rotatable bonds is 4. The van der Waals surface area contributed by atoms with Crippen molar-refractivity contribution >= 4 is 38.0 Å². The van der Waals surface area contributed by atoms with Crippen LogP contribution >= 0.6 is 15.9 Å². The first-order valence-electron chi connectivity index (χ1n) is 5.11. The molecule has 1 aromatic rings. The second-order valence-electron chi connectivity index (χ2n) is 3.42. The highest BCUT2D eigenvalue weighted by molar-refractivity contribution is 9.10. The van der Waals surface area contributed by atoms with Crippen LogP contribution in [0.5, 0.6) is 0 Å².